The number of dihydropyridines is 1. The van der Waals surface area contributed by atoms with Crippen molar-refractivity contribution in [3.8, 4) is 5.75 Å². The molecule has 0 bridgehead atoms. The van der Waals surface area contributed by atoms with Crippen molar-refractivity contribution in [2.24, 2.45) is 11.8 Å². The Morgan fingerprint density at radius 3 is 2.56 bits per heavy atom. The van der Waals surface area contributed by atoms with Crippen LogP contribution in [-0.2, 0) is 23.9 Å². The fraction of sp³-hybridized carbons (Fsp3) is 0.458. The number of methoxy groups -OCH3 is 1. The second-order valence-corrected chi connectivity index (χ2v) is 9.35. The molecule has 1 heterocycles. The zero-order chi connectivity index (χ0) is 23.4. The Hall–Kier alpha value is -2.74. The van der Waals surface area contributed by atoms with Gasteiger partial charge in [0.05, 0.1) is 12.7 Å². The van der Waals surface area contributed by atoms with Gasteiger partial charge < -0.3 is 19.9 Å². The Kier molecular flexibility index (Phi) is 7.66. The summed E-state index contributed by atoms with van der Waals surface area (Å²) in [5, 5.41) is 13.0. The summed E-state index contributed by atoms with van der Waals surface area (Å²) in [6.45, 7) is 5.93. The van der Waals surface area contributed by atoms with Crippen molar-refractivity contribution in [3.05, 3.63) is 52.4 Å². The molecule has 0 unspecified atom stereocenters. The number of nitrogens with one attached hydrogen (secondary N) is 1. The second-order valence-electron chi connectivity index (χ2n) is 7.96. The third-order valence-corrected chi connectivity index (χ3v) is 6.72. The van der Waals surface area contributed by atoms with Gasteiger partial charge in [-0.15, -0.1) is 0 Å². The Labute approximate surface area is 192 Å². The zero-order valence-corrected chi connectivity index (χ0v) is 19.6. The molecule has 0 saturated heterocycles. The van der Waals surface area contributed by atoms with E-state index in [1.54, 1.807) is 30.8 Å². The van der Waals surface area contributed by atoms with Crippen LogP contribution in [0.15, 0.2) is 46.8 Å². The number of carbonyl (C=O) groups excluding carboxylic acids is 3. The van der Waals surface area contributed by atoms with E-state index in [-0.39, 0.29) is 24.1 Å². The highest BCUT2D eigenvalue weighted by Gasteiger charge is 2.47. The predicted octanol–water partition coefficient (Wildman–Crippen LogP) is 3.30. The van der Waals surface area contributed by atoms with Gasteiger partial charge in [-0.05, 0) is 42.7 Å². The van der Waals surface area contributed by atoms with Crippen LogP contribution < -0.4 is 5.32 Å². The standard InChI is InChI=1S/C24H29NO6S/c1-5-32-11-10-31-24(29)19-14(3)25-17-12-13(2)18(23(28)30-4)22(27)21(17)20(19)15-6-8-16(26)9-7-15/h6-9,13,18,20,25-26H,5,10-12H2,1-4H3/t13-,18+,20+/m0/s1. The number of thioether (sulfide) groups is 1. The maximum Gasteiger partial charge on any atom is 0.336 e. The smallest absolute Gasteiger partial charge is 0.336 e. The molecule has 2 N–H and O–H groups in total. The van der Waals surface area contributed by atoms with Crippen molar-refractivity contribution in [3.63, 3.8) is 0 Å². The molecular formula is C24H29NO6S. The SMILES string of the molecule is CCSCCOC(=O)C1=C(C)NC2=C(C(=O)[C@H](C(=O)OC)[C@@H](C)C2)[C@@H]1c1ccc(O)cc1. The number of benzene rings is 1. The van der Waals surface area contributed by atoms with Crippen LogP contribution in [0.5, 0.6) is 5.75 Å². The van der Waals surface area contributed by atoms with E-state index in [1.165, 1.54) is 19.2 Å². The van der Waals surface area contributed by atoms with Crippen molar-refractivity contribution >= 4 is 29.5 Å². The van der Waals surface area contributed by atoms with E-state index in [0.717, 1.165) is 5.75 Å². The van der Waals surface area contributed by atoms with Gasteiger partial charge in [0.1, 0.15) is 18.3 Å². The predicted molar refractivity (Wildman–Crippen MR) is 122 cm³/mol. The molecule has 3 rings (SSSR count). The molecule has 0 fully saturated rings. The fourth-order valence-corrected chi connectivity index (χ4v) is 4.86. The zero-order valence-electron chi connectivity index (χ0n) is 18.8. The minimum absolute atomic E-state index is 0.0781. The highest BCUT2D eigenvalue weighted by Crippen LogP contribution is 2.45. The first-order chi connectivity index (χ1) is 15.3. The number of esters is 2. The molecule has 7 nitrogen and oxygen atoms in total. The lowest BCUT2D eigenvalue weighted by Crippen LogP contribution is -2.43. The van der Waals surface area contributed by atoms with Crippen LogP contribution in [0.4, 0.5) is 0 Å². The molecule has 0 amide bonds. The van der Waals surface area contributed by atoms with Crippen molar-refractivity contribution in [2.75, 3.05) is 25.2 Å². The van der Waals surface area contributed by atoms with Gasteiger partial charge in [0.2, 0.25) is 0 Å². The van der Waals surface area contributed by atoms with Gasteiger partial charge in [-0.2, -0.15) is 11.8 Å². The van der Waals surface area contributed by atoms with Crippen molar-refractivity contribution < 1.29 is 29.0 Å². The number of phenolic OH excluding ortho intramolecular Hbond substituents is 1. The van der Waals surface area contributed by atoms with Crippen molar-refractivity contribution in [1.29, 1.82) is 0 Å². The van der Waals surface area contributed by atoms with E-state index in [0.29, 0.717) is 40.3 Å². The Morgan fingerprint density at radius 1 is 1.25 bits per heavy atom. The molecule has 0 aromatic heterocycles. The number of hydrogen-bond acceptors (Lipinski definition) is 8. The number of carbonyl (C=O) groups is 3. The first kappa shape index (κ1) is 23.9. The van der Waals surface area contributed by atoms with Gasteiger partial charge in [0.15, 0.2) is 5.78 Å². The number of ether oxygens (including phenoxy) is 2. The third kappa shape index (κ3) is 4.70. The molecule has 8 heteroatoms. The van der Waals surface area contributed by atoms with E-state index in [9.17, 15) is 19.5 Å². The third-order valence-electron chi connectivity index (χ3n) is 5.85. The molecule has 1 aromatic rings. The summed E-state index contributed by atoms with van der Waals surface area (Å²) in [4.78, 5) is 39.1. The van der Waals surface area contributed by atoms with Gasteiger partial charge in [-0.25, -0.2) is 4.79 Å². The van der Waals surface area contributed by atoms with E-state index in [2.05, 4.69) is 5.32 Å². The average Bonchev–Trinajstić information content (AvgIpc) is 2.76. The molecule has 1 aliphatic heterocycles. The molecule has 0 radical (unpaired) electrons. The molecule has 2 aliphatic rings. The van der Waals surface area contributed by atoms with Crippen LogP contribution in [0, 0.1) is 11.8 Å². The molecule has 0 saturated carbocycles. The van der Waals surface area contributed by atoms with E-state index < -0.39 is 23.8 Å². The lowest BCUT2D eigenvalue weighted by Gasteiger charge is -2.38. The van der Waals surface area contributed by atoms with Crippen LogP contribution >= 0.6 is 11.8 Å². The van der Waals surface area contributed by atoms with Crippen LogP contribution in [0.25, 0.3) is 0 Å². The number of phenols is 1. The summed E-state index contributed by atoms with van der Waals surface area (Å²) in [5.41, 5.74) is 2.70. The first-order valence-corrected chi connectivity index (χ1v) is 11.8. The summed E-state index contributed by atoms with van der Waals surface area (Å²) < 4.78 is 10.4. The highest BCUT2D eigenvalue weighted by atomic mass is 32.2. The normalized spacial score (nSPS) is 22.9. The molecule has 172 valence electrons. The van der Waals surface area contributed by atoms with Crippen molar-refractivity contribution in [1.82, 2.24) is 5.32 Å². The summed E-state index contributed by atoms with van der Waals surface area (Å²) in [6.07, 6.45) is 0.474. The summed E-state index contributed by atoms with van der Waals surface area (Å²) in [5.74, 6) is -1.63. The molecule has 32 heavy (non-hydrogen) atoms. The Morgan fingerprint density at radius 2 is 1.94 bits per heavy atom. The monoisotopic (exact) mass is 459 g/mol. The Balaban J connectivity index is 2.06. The van der Waals surface area contributed by atoms with Gasteiger partial charge in [0.25, 0.3) is 0 Å². The van der Waals surface area contributed by atoms with E-state index in [4.69, 9.17) is 9.47 Å². The number of Topliss-reactive ketones (excluding diaryl/α,β-unsaturated/α-hetero) is 1. The summed E-state index contributed by atoms with van der Waals surface area (Å²) in [6, 6.07) is 6.40. The van der Waals surface area contributed by atoms with Gasteiger partial charge in [-0.1, -0.05) is 26.0 Å². The number of allylic oxidation sites excluding steroid dienone is 3. The molecule has 0 spiro atoms. The van der Waals surface area contributed by atoms with Gasteiger partial charge in [0, 0.05) is 28.6 Å². The summed E-state index contributed by atoms with van der Waals surface area (Å²) in [7, 11) is 1.27. The largest absolute Gasteiger partial charge is 0.508 e. The molecule has 1 aliphatic carbocycles. The second kappa shape index (κ2) is 10.3. The highest BCUT2D eigenvalue weighted by molar-refractivity contribution is 7.99. The number of hydrogen-bond donors (Lipinski definition) is 2. The summed E-state index contributed by atoms with van der Waals surface area (Å²) >= 11 is 1.67. The average molecular weight is 460 g/mol. The van der Waals surface area contributed by atoms with Crippen LogP contribution in [-0.4, -0.2) is 48.1 Å². The quantitative estimate of drug-likeness (QED) is 0.364. The first-order valence-electron chi connectivity index (χ1n) is 10.7. The molecular weight excluding hydrogens is 430 g/mol. The lowest BCUT2D eigenvalue weighted by atomic mass is 9.69. The minimum Gasteiger partial charge on any atom is -0.508 e. The van der Waals surface area contributed by atoms with Gasteiger partial charge >= 0.3 is 11.9 Å². The van der Waals surface area contributed by atoms with Crippen LogP contribution in [0.1, 0.15) is 38.7 Å². The van der Waals surface area contributed by atoms with E-state index in [1.807, 2.05) is 13.8 Å². The van der Waals surface area contributed by atoms with E-state index >= 15 is 0 Å². The molecule has 3 atom stereocenters. The van der Waals surface area contributed by atoms with Crippen molar-refractivity contribution in [2.45, 2.75) is 33.1 Å². The topological polar surface area (TPSA) is 102 Å². The maximum absolute atomic E-state index is 13.6. The van der Waals surface area contributed by atoms with Crippen LogP contribution in [0.2, 0.25) is 0 Å². The number of aromatic hydroxyl groups is 1. The lowest BCUT2D eigenvalue weighted by molar-refractivity contribution is -0.151. The van der Waals surface area contributed by atoms with Gasteiger partial charge in [-0.3, -0.25) is 9.59 Å². The van der Waals surface area contributed by atoms with Crippen LogP contribution in [0.3, 0.4) is 0 Å². The Bertz CT molecular complexity index is 965. The maximum atomic E-state index is 13.6. The minimum atomic E-state index is -0.934. The molecule has 1 aromatic carbocycles. The number of ketones is 1. The number of rotatable bonds is 7. The fourth-order valence-electron chi connectivity index (χ4n) is 4.37.